The summed E-state index contributed by atoms with van der Waals surface area (Å²) < 4.78 is 10.6. The largest absolute Gasteiger partial charge is 0.487 e. The van der Waals surface area contributed by atoms with Gasteiger partial charge in [-0.2, -0.15) is 0 Å². The maximum atomic E-state index is 11.9. The second-order valence-corrected chi connectivity index (χ2v) is 6.14. The molecule has 1 rings (SSSR count). The second-order valence-electron chi connectivity index (χ2n) is 5.73. The summed E-state index contributed by atoms with van der Waals surface area (Å²) in [5.74, 6) is 0.514. The van der Waals surface area contributed by atoms with Crippen molar-refractivity contribution in [2.75, 3.05) is 19.0 Å². The number of anilines is 1. The minimum atomic E-state index is -0.450. The fourth-order valence-corrected chi connectivity index (χ4v) is 1.70. The van der Waals surface area contributed by atoms with Crippen LogP contribution in [0.2, 0.25) is 5.02 Å². The summed E-state index contributed by atoms with van der Waals surface area (Å²) in [4.78, 5) is 11.9. The molecule has 0 aliphatic heterocycles. The van der Waals surface area contributed by atoms with Crippen LogP contribution in [0.4, 0.5) is 5.69 Å². The molecule has 0 fully saturated rings. The van der Waals surface area contributed by atoms with Crippen LogP contribution in [0.3, 0.4) is 0 Å². The van der Waals surface area contributed by atoms with E-state index in [-0.39, 0.29) is 12.0 Å². The van der Waals surface area contributed by atoms with Gasteiger partial charge in [-0.05, 0) is 25.1 Å². The van der Waals surface area contributed by atoms with Crippen molar-refractivity contribution in [2.24, 2.45) is 5.41 Å². The predicted octanol–water partition coefficient (Wildman–Crippen LogP) is 3.74. The number of hydrogen-bond acceptors (Lipinski definition) is 3. The molecule has 0 spiro atoms. The Labute approximate surface area is 125 Å². The molecule has 112 valence electrons. The molecule has 0 aromatic heterocycles. The molecule has 1 amide bonds. The summed E-state index contributed by atoms with van der Waals surface area (Å²) in [6, 6.07) is 5.19. The van der Waals surface area contributed by atoms with Crippen LogP contribution in [-0.4, -0.2) is 25.7 Å². The Kier molecular flexibility index (Phi) is 5.84. The van der Waals surface area contributed by atoms with Crippen LogP contribution in [0.25, 0.3) is 0 Å². The average molecular weight is 300 g/mol. The van der Waals surface area contributed by atoms with Gasteiger partial charge in [0.2, 0.25) is 5.91 Å². The van der Waals surface area contributed by atoms with Gasteiger partial charge >= 0.3 is 0 Å². The molecule has 1 aromatic rings. The SMILES string of the molecule is COC[C@H](C)Oc1ccc(NC(=O)C(C)(C)C)cc1Cl. The van der Waals surface area contributed by atoms with E-state index >= 15 is 0 Å². The van der Waals surface area contributed by atoms with Crippen molar-refractivity contribution in [3.8, 4) is 5.75 Å². The minimum absolute atomic E-state index is 0.0602. The van der Waals surface area contributed by atoms with E-state index in [1.54, 1.807) is 25.3 Å². The first-order chi connectivity index (χ1) is 9.24. The molecule has 0 bridgehead atoms. The molecule has 20 heavy (non-hydrogen) atoms. The highest BCUT2D eigenvalue weighted by molar-refractivity contribution is 6.32. The van der Waals surface area contributed by atoms with Gasteiger partial charge in [-0.3, -0.25) is 4.79 Å². The van der Waals surface area contributed by atoms with Crippen LogP contribution in [0, 0.1) is 5.41 Å². The lowest BCUT2D eigenvalue weighted by Crippen LogP contribution is -2.27. The summed E-state index contributed by atoms with van der Waals surface area (Å²) in [7, 11) is 1.62. The van der Waals surface area contributed by atoms with Crippen molar-refractivity contribution < 1.29 is 14.3 Å². The molecule has 0 aliphatic carbocycles. The van der Waals surface area contributed by atoms with E-state index in [9.17, 15) is 4.79 Å². The maximum Gasteiger partial charge on any atom is 0.229 e. The Morgan fingerprint density at radius 3 is 2.55 bits per heavy atom. The quantitative estimate of drug-likeness (QED) is 0.901. The van der Waals surface area contributed by atoms with Crippen LogP contribution in [0.5, 0.6) is 5.75 Å². The number of carbonyl (C=O) groups is 1. The van der Waals surface area contributed by atoms with Gasteiger partial charge < -0.3 is 14.8 Å². The molecule has 0 saturated heterocycles. The number of nitrogens with one attached hydrogen (secondary N) is 1. The van der Waals surface area contributed by atoms with Crippen molar-refractivity contribution >= 4 is 23.2 Å². The van der Waals surface area contributed by atoms with Crippen LogP contribution in [0.1, 0.15) is 27.7 Å². The van der Waals surface area contributed by atoms with Crippen LogP contribution in [0.15, 0.2) is 18.2 Å². The molecule has 1 atom stereocenters. The molecular weight excluding hydrogens is 278 g/mol. The third kappa shape index (κ3) is 5.02. The normalized spacial score (nSPS) is 12.9. The van der Waals surface area contributed by atoms with Crippen LogP contribution < -0.4 is 10.1 Å². The van der Waals surface area contributed by atoms with E-state index in [2.05, 4.69) is 5.32 Å². The zero-order valence-corrected chi connectivity index (χ0v) is 13.4. The highest BCUT2D eigenvalue weighted by Gasteiger charge is 2.21. The van der Waals surface area contributed by atoms with E-state index < -0.39 is 5.41 Å². The Hall–Kier alpha value is -1.26. The van der Waals surface area contributed by atoms with Gasteiger partial charge in [0.05, 0.1) is 11.6 Å². The standard InChI is InChI=1S/C15H22ClNO3/c1-10(9-19-5)20-13-7-6-11(8-12(13)16)17-14(18)15(2,3)4/h6-8,10H,9H2,1-5H3,(H,17,18)/t10-/m0/s1. The van der Waals surface area contributed by atoms with Crippen molar-refractivity contribution in [3.05, 3.63) is 23.2 Å². The summed E-state index contributed by atoms with van der Waals surface area (Å²) >= 11 is 6.15. The average Bonchev–Trinajstić information content (AvgIpc) is 2.31. The van der Waals surface area contributed by atoms with Crippen molar-refractivity contribution in [2.45, 2.75) is 33.8 Å². The highest BCUT2D eigenvalue weighted by atomic mass is 35.5. The monoisotopic (exact) mass is 299 g/mol. The minimum Gasteiger partial charge on any atom is -0.487 e. The zero-order chi connectivity index (χ0) is 15.3. The summed E-state index contributed by atoms with van der Waals surface area (Å²) in [5.41, 5.74) is 0.205. The smallest absolute Gasteiger partial charge is 0.229 e. The Morgan fingerprint density at radius 2 is 2.05 bits per heavy atom. The third-order valence-electron chi connectivity index (χ3n) is 2.60. The molecule has 0 unspecified atom stereocenters. The fraction of sp³-hybridized carbons (Fsp3) is 0.533. The lowest BCUT2D eigenvalue weighted by Gasteiger charge is -2.19. The highest BCUT2D eigenvalue weighted by Crippen LogP contribution is 2.29. The maximum absolute atomic E-state index is 11.9. The first-order valence-electron chi connectivity index (χ1n) is 6.50. The number of benzene rings is 1. The Morgan fingerprint density at radius 1 is 1.40 bits per heavy atom. The molecule has 0 heterocycles. The molecule has 5 heteroatoms. The molecule has 4 nitrogen and oxygen atoms in total. The predicted molar refractivity (Wildman–Crippen MR) is 81.5 cm³/mol. The van der Waals surface area contributed by atoms with Crippen molar-refractivity contribution in [3.63, 3.8) is 0 Å². The number of methoxy groups -OCH3 is 1. The van der Waals surface area contributed by atoms with Crippen molar-refractivity contribution in [1.29, 1.82) is 0 Å². The summed E-state index contributed by atoms with van der Waals surface area (Å²) in [6.07, 6.45) is -0.0903. The van der Waals surface area contributed by atoms with Gasteiger partial charge in [0.15, 0.2) is 0 Å². The Bertz CT molecular complexity index is 469. The fourth-order valence-electron chi connectivity index (χ4n) is 1.48. The van der Waals surface area contributed by atoms with Gasteiger partial charge in [0.1, 0.15) is 11.9 Å². The van der Waals surface area contributed by atoms with Gasteiger partial charge in [-0.15, -0.1) is 0 Å². The first-order valence-corrected chi connectivity index (χ1v) is 6.88. The van der Waals surface area contributed by atoms with Gasteiger partial charge in [0, 0.05) is 18.2 Å². The molecule has 0 aliphatic rings. The lowest BCUT2D eigenvalue weighted by atomic mass is 9.95. The third-order valence-corrected chi connectivity index (χ3v) is 2.90. The van der Waals surface area contributed by atoms with E-state index in [1.807, 2.05) is 27.7 Å². The first kappa shape index (κ1) is 16.8. The van der Waals surface area contributed by atoms with E-state index in [1.165, 1.54) is 0 Å². The number of hydrogen-bond donors (Lipinski definition) is 1. The van der Waals surface area contributed by atoms with Gasteiger partial charge in [-0.25, -0.2) is 0 Å². The van der Waals surface area contributed by atoms with Crippen molar-refractivity contribution in [1.82, 2.24) is 0 Å². The number of carbonyl (C=O) groups excluding carboxylic acids is 1. The summed E-state index contributed by atoms with van der Waals surface area (Å²) in [5, 5.41) is 3.28. The molecule has 0 radical (unpaired) electrons. The molecule has 0 saturated carbocycles. The molecule has 1 aromatic carbocycles. The number of ether oxygens (including phenoxy) is 2. The number of rotatable bonds is 5. The van der Waals surface area contributed by atoms with Gasteiger partial charge in [-0.1, -0.05) is 32.4 Å². The summed E-state index contributed by atoms with van der Waals surface area (Å²) in [6.45, 7) is 7.95. The second kappa shape index (κ2) is 6.95. The van der Waals surface area contributed by atoms with Gasteiger partial charge in [0.25, 0.3) is 0 Å². The van der Waals surface area contributed by atoms with Crippen LogP contribution in [-0.2, 0) is 9.53 Å². The van der Waals surface area contributed by atoms with E-state index in [0.29, 0.717) is 23.1 Å². The zero-order valence-electron chi connectivity index (χ0n) is 12.6. The van der Waals surface area contributed by atoms with E-state index in [0.717, 1.165) is 0 Å². The topological polar surface area (TPSA) is 47.6 Å². The lowest BCUT2D eigenvalue weighted by molar-refractivity contribution is -0.123. The van der Waals surface area contributed by atoms with E-state index in [4.69, 9.17) is 21.1 Å². The number of halogens is 1. The molecule has 1 N–H and O–H groups in total. The molecular formula is C15H22ClNO3. The Balaban J connectivity index is 2.75. The van der Waals surface area contributed by atoms with Crippen LogP contribution >= 0.6 is 11.6 Å². The number of amides is 1.